The van der Waals surface area contributed by atoms with Gasteiger partial charge in [-0.2, -0.15) is 0 Å². The lowest BCUT2D eigenvalue weighted by atomic mass is 10.0. The van der Waals surface area contributed by atoms with Gasteiger partial charge >= 0.3 is 0 Å². The lowest BCUT2D eigenvalue weighted by molar-refractivity contribution is 0.0888. The summed E-state index contributed by atoms with van der Waals surface area (Å²) in [6.45, 7) is 7.27. The smallest absolute Gasteiger partial charge is 0.191 e. The highest BCUT2D eigenvalue weighted by Gasteiger charge is 2.22. The van der Waals surface area contributed by atoms with Crippen molar-refractivity contribution in [2.75, 3.05) is 66.8 Å². The van der Waals surface area contributed by atoms with Crippen LogP contribution in [0.3, 0.4) is 0 Å². The second kappa shape index (κ2) is 13.6. The van der Waals surface area contributed by atoms with Crippen LogP contribution < -0.4 is 15.4 Å². The van der Waals surface area contributed by atoms with Crippen molar-refractivity contribution in [2.24, 2.45) is 10.9 Å². The fraction of sp³-hybridized carbons (Fsp3) is 0.708. The van der Waals surface area contributed by atoms with Gasteiger partial charge in [0.25, 0.3) is 0 Å². The summed E-state index contributed by atoms with van der Waals surface area (Å²) in [5.41, 5.74) is 1.31. The lowest BCUT2D eigenvalue weighted by Crippen LogP contribution is -2.44. The van der Waals surface area contributed by atoms with Crippen LogP contribution in [-0.4, -0.2) is 77.6 Å². The maximum Gasteiger partial charge on any atom is 0.191 e. The third kappa shape index (κ3) is 7.98. The molecule has 1 aromatic rings. The van der Waals surface area contributed by atoms with Crippen LogP contribution in [0.1, 0.15) is 43.7 Å². The SMILES string of the molecule is CN=C(NCCCOCC1CCOC1)NCC(c1ccc(OC)cc1)N1CCCCC1. The van der Waals surface area contributed by atoms with E-state index in [1.807, 2.05) is 7.05 Å². The van der Waals surface area contributed by atoms with Gasteiger partial charge in [0.2, 0.25) is 0 Å². The molecule has 2 N–H and O–H groups in total. The van der Waals surface area contributed by atoms with Gasteiger partial charge in [-0.15, -0.1) is 0 Å². The van der Waals surface area contributed by atoms with Crippen molar-refractivity contribution in [2.45, 2.75) is 38.1 Å². The Morgan fingerprint density at radius 3 is 2.68 bits per heavy atom. The van der Waals surface area contributed by atoms with Crippen molar-refractivity contribution < 1.29 is 14.2 Å². The zero-order chi connectivity index (χ0) is 21.7. The number of piperidine rings is 1. The van der Waals surface area contributed by atoms with E-state index in [2.05, 4.69) is 44.8 Å². The van der Waals surface area contributed by atoms with Crippen LogP contribution in [0.15, 0.2) is 29.3 Å². The van der Waals surface area contributed by atoms with Crippen molar-refractivity contribution >= 4 is 5.96 Å². The van der Waals surface area contributed by atoms with Crippen molar-refractivity contribution in [1.29, 1.82) is 0 Å². The third-order valence-corrected chi connectivity index (χ3v) is 6.15. The third-order valence-electron chi connectivity index (χ3n) is 6.15. The van der Waals surface area contributed by atoms with Crippen LogP contribution >= 0.6 is 0 Å². The Hall–Kier alpha value is -1.83. The summed E-state index contributed by atoms with van der Waals surface area (Å²) in [5.74, 6) is 2.32. The predicted octanol–water partition coefficient (Wildman–Crippen LogP) is 2.83. The molecule has 0 amide bonds. The number of hydrogen-bond donors (Lipinski definition) is 2. The van der Waals surface area contributed by atoms with Crippen LogP contribution in [0.4, 0.5) is 0 Å². The minimum atomic E-state index is 0.321. The van der Waals surface area contributed by atoms with Gasteiger partial charge in [0.15, 0.2) is 5.96 Å². The van der Waals surface area contributed by atoms with E-state index in [1.54, 1.807) is 7.11 Å². The summed E-state index contributed by atoms with van der Waals surface area (Å²) in [7, 11) is 3.54. The van der Waals surface area contributed by atoms with E-state index in [9.17, 15) is 0 Å². The molecule has 3 rings (SSSR count). The molecule has 0 saturated carbocycles. The summed E-state index contributed by atoms with van der Waals surface area (Å²) in [6.07, 6.45) is 5.96. The molecule has 2 atom stereocenters. The first-order valence-electron chi connectivity index (χ1n) is 11.8. The van der Waals surface area contributed by atoms with E-state index in [-0.39, 0.29) is 0 Å². The Kier molecular flexibility index (Phi) is 10.4. The van der Waals surface area contributed by atoms with Crippen LogP contribution in [0.25, 0.3) is 0 Å². The van der Waals surface area contributed by atoms with Gasteiger partial charge < -0.3 is 24.8 Å². The molecule has 2 saturated heterocycles. The second-order valence-electron chi connectivity index (χ2n) is 8.42. The van der Waals surface area contributed by atoms with Gasteiger partial charge in [0, 0.05) is 39.3 Å². The molecular weight excluding hydrogens is 392 g/mol. The number of guanidine groups is 1. The molecule has 2 heterocycles. The van der Waals surface area contributed by atoms with E-state index in [0.29, 0.717) is 12.0 Å². The van der Waals surface area contributed by atoms with Gasteiger partial charge in [-0.1, -0.05) is 18.6 Å². The van der Waals surface area contributed by atoms with E-state index in [4.69, 9.17) is 14.2 Å². The highest BCUT2D eigenvalue weighted by atomic mass is 16.5. The number of nitrogens with one attached hydrogen (secondary N) is 2. The standard InChI is InChI=1S/C24H40N4O3/c1-25-24(26-12-6-15-30-18-20-11-16-31-19-20)27-17-23(28-13-4-3-5-14-28)21-7-9-22(29-2)10-8-21/h7-10,20,23H,3-6,11-19H2,1-2H3,(H2,25,26,27). The van der Waals surface area contributed by atoms with E-state index in [0.717, 1.165) is 77.2 Å². The summed E-state index contributed by atoms with van der Waals surface area (Å²) in [6, 6.07) is 8.79. The minimum absolute atomic E-state index is 0.321. The summed E-state index contributed by atoms with van der Waals surface area (Å²) in [4.78, 5) is 7.00. The maximum absolute atomic E-state index is 5.79. The molecule has 2 aliphatic rings. The highest BCUT2D eigenvalue weighted by molar-refractivity contribution is 5.79. The van der Waals surface area contributed by atoms with E-state index < -0.39 is 0 Å². The molecule has 0 bridgehead atoms. The van der Waals surface area contributed by atoms with Crippen molar-refractivity contribution in [3.63, 3.8) is 0 Å². The number of nitrogens with zero attached hydrogens (tertiary/aromatic N) is 2. The van der Waals surface area contributed by atoms with Gasteiger partial charge in [0.1, 0.15) is 5.75 Å². The molecule has 2 aliphatic heterocycles. The number of aliphatic imine (C=N–C) groups is 1. The van der Waals surface area contributed by atoms with Crippen molar-refractivity contribution in [3.05, 3.63) is 29.8 Å². The first-order chi connectivity index (χ1) is 15.3. The van der Waals surface area contributed by atoms with Crippen LogP contribution in [-0.2, 0) is 9.47 Å². The molecule has 174 valence electrons. The molecule has 7 nitrogen and oxygen atoms in total. The first kappa shape index (κ1) is 23.8. The second-order valence-corrected chi connectivity index (χ2v) is 8.42. The molecule has 1 aromatic carbocycles. The lowest BCUT2D eigenvalue weighted by Gasteiger charge is -2.35. The molecule has 0 aromatic heterocycles. The topological polar surface area (TPSA) is 67.4 Å². The molecule has 31 heavy (non-hydrogen) atoms. The Balaban J connectivity index is 1.43. The Labute approximate surface area is 187 Å². The molecular formula is C24H40N4O3. The van der Waals surface area contributed by atoms with Crippen LogP contribution in [0.5, 0.6) is 5.75 Å². The minimum Gasteiger partial charge on any atom is -0.497 e. The average molecular weight is 433 g/mol. The van der Waals surface area contributed by atoms with Gasteiger partial charge in [0.05, 0.1) is 26.4 Å². The maximum atomic E-state index is 5.79. The molecule has 0 radical (unpaired) electrons. The summed E-state index contributed by atoms with van der Waals surface area (Å²) in [5, 5.41) is 6.96. The first-order valence-corrected chi connectivity index (χ1v) is 11.8. The zero-order valence-corrected chi connectivity index (χ0v) is 19.3. The number of ether oxygens (including phenoxy) is 3. The summed E-state index contributed by atoms with van der Waals surface area (Å²) >= 11 is 0. The van der Waals surface area contributed by atoms with Gasteiger partial charge in [-0.25, -0.2) is 0 Å². The number of hydrogen-bond acceptors (Lipinski definition) is 5. The normalized spacial score (nSPS) is 21.1. The summed E-state index contributed by atoms with van der Waals surface area (Å²) < 4.78 is 16.5. The average Bonchev–Trinajstić information content (AvgIpc) is 3.34. The van der Waals surface area contributed by atoms with Crippen LogP contribution in [0.2, 0.25) is 0 Å². The fourth-order valence-electron chi connectivity index (χ4n) is 4.27. The predicted molar refractivity (Wildman–Crippen MR) is 125 cm³/mol. The number of benzene rings is 1. The molecule has 2 unspecified atom stereocenters. The quantitative estimate of drug-likeness (QED) is 0.318. The Bertz CT molecular complexity index is 641. The molecule has 2 fully saturated rings. The zero-order valence-electron chi connectivity index (χ0n) is 19.3. The van der Waals surface area contributed by atoms with Crippen LogP contribution in [0, 0.1) is 5.92 Å². The monoisotopic (exact) mass is 432 g/mol. The van der Waals surface area contributed by atoms with Gasteiger partial charge in [-0.05, 0) is 56.5 Å². The van der Waals surface area contributed by atoms with Crippen molar-refractivity contribution in [3.8, 4) is 5.75 Å². The molecule has 7 heteroatoms. The largest absolute Gasteiger partial charge is 0.497 e. The number of methoxy groups -OCH3 is 1. The van der Waals surface area contributed by atoms with Crippen molar-refractivity contribution in [1.82, 2.24) is 15.5 Å². The fourth-order valence-corrected chi connectivity index (χ4v) is 4.27. The molecule has 0 aliphatic carbocycles. The Morgan fingerprint density at radius 1 is 1.19 bits per heavy atom. The number of likely N-dealkylation sites (tertiary alicyclic amines) is 1. The van der Waals surface area contributed by atoms with E-state index >= 15 is 0 Å². The molecule has 0 spiro atoms. The van der Waals surface area contributed by atoms with E-state index in [1.165, 1.54) is 24.8 Å². The highest BCUT2D eigenvalue weighted by Crippen LogP contribution is 2.25. The van der Waals surface area contributed by atoms with Gasteiger partial charge in [-0.3, -0.25) is 9.89 Å². The Morgan fingerprint density at radius 2 is 2.00 bits per heavy atom. The number of rotatable bonds is 11.